The van der Waals surface area contributed by atoms with Crippen LogP contribution in [0.3, 0.4) is 0 Å². The zero-order valence-electron chi connectivity index (χ0n) is 18.0. The van der Waals surface area contributed by atoms with Gasteiger partial charge in [-0.15, -0.1) is 11.3 Å². The number of hydrogen-bond donors (Lipinski definition) is 4. The zero-order valence-corrected chi connectivity index (χ0v) is 18.8. The summed E-state index contributed by atoms with van der Waals surface area (Å²) in [5, 5.41) is 19.9. The number of rotatable bonds is 7. The van der Waals surface area contributed by atoms with Crippen molar-refractivity contribution < 1.29 is 14.7 Å². The van der Waals surface area contributed by atoms with Crippen LogP contribution in [0.25, 0.3) is 10.8 Å². The molecule has 0 aliphatic carbocycles. The van der Waals surface area contributed by atoms with Crippen molar-refractivity contribution in [3.05, 3.63) is 88.2 Å². The minimum atomic E-state index is -1.51. The summed E-state index contributed by atoms with van der Waals surface area (Å²) in [6.45, 7) is 2.02. The van der Waals surface area contributed by atoms with Gasteiger partial charge in [-0.05, 0) is 47.7 Å². The van der Waals surface area contributed by atoms with Crippen molar-refractivity contribution in [1.29, 1.82) is 0 Å². The van der Waals surface area contributed by atoms with E-state index in [0.29, 0.717) is 22.6 Å². The Kier molecular flexibility index (Phi) is 6.67. The first kappa shape index (κ1) is 22.4. The van der Waals surface area contributed by atoms with E-state index >= 15 is 0 Å². The zero-order chi connectivity index (χ0) is 23.4. The van der Waals surface area contributed by atoms with Gasteiger partial charge >= 0.3 is 0 Å². The molecule has 8 heteroatoms. The van der Waals surface area contributed by atoms with Crippen molar-refractivity contribution in [3.8, 4) is 0 Å². The van der Waals surface area contributed by atoms with Crippen molar-refractivity contribution in [2.24, 2.45) is 0 Å². The van der Waals surface area contributed by atoms with E-state index in [4.69, 9.17) is 5.73 Å². The molecule has 2 amide bonds. The van der Waals surface area contributed by atoms with E-state index in [1.54, 1.807) is 60.1 Å². The van der Waals surface area contributed by atoms with Crippen LogP contribution in [0.4, 0.5) is 11.5 Å². The highest BCUT2D eigenvalue weighted by Crippen LogP contribution is 2.24. The maximum atomic E-state index is 13.0. The lowest BCUT2D eigenvalue weighted by Crippen LogP contribution is -2.42. The highest BCUT2D eigenvalue weighted by molar-refractivity contribution is 7.10. The second kappa shape index (κ2) is 9.81. The molecule has 168 valence electrons. The van der Waals surface area contributed by atoms with E-state index in [1.807, 2.05) is 19.1 Å². The first-order valence-corrected chi connectivity index (χ1v) is 11.4. The number of nitrogens with one attached hydrogen (secondary N) is 2. The molecule has 7 nitrogen and oxygen atoms in total. The van der Waals surface area contributed by atoms with Crippen LogP contribution < -0.4 is 16.4 Å². The molecule has 0 spiro atoms. The number of aliphatic hydroxyl groups excluding tert-OH is 1. The normalized spacial score (nSPS) is 12.8. The number of aryl methyl sites for hydroxylation is 1. The number of hydrogen-bond acceptors (Lipinski definition) is 6. The summed E-state index contributed by atoms with van der Waals surface area (Å²) >= 11 is 1.50. The van der Waals surface area contributed by atoms with Gasteiger partial charge in [0.25, 0.3) is 11.8 Å². The summed E-state index contributed by atoms with van der Waals surface area (Å²) in [5.41, 5.74) is 7.52. The smallest absolute Gasteiger partial charge is 0.255 e. The first-order valence-electron chi connectivity index (χ1n) is 10.5. The number of aliphatic hydroxyl groups is 1. The number of thiophene rings is 1. The Morgan fingerprint density at radius 2 is 1.91 bits per heavy atom. The summed E-state index contributed by atoms with van der Waals surface area (Å²) in [4.78, 5) is 30.9. The lowest BCUT2D eigenvalue weighted by atomic mass is 10.00. The molecule has 0 radical (unpaired) electrons. The Morgan fingerprint density at radius 3 is 2.64 bits per heavy atom. The topological polar surface area (TPSA) is 117 Å². The third kappa shape index (κ3) is 5.02. The number of anilines is 2. The fourth-order valence-corrected chi connectivity index (χ4v) is 4.38. The Hall–Kier alpha value is -3.75. The Morgan fingerprint density at radius 1 is 1.12 bits per heavy atom. The Balaban J connectivity index is 1.56. The molecule has 2 unspecified atom stereocenters. The van der Waals surface area contributed by atoms with Gasteiger partial charge in [0.15, 0.2) is 6.10 Å². The van der Waals surface area contributed by atoms with Crippen LogP contribution >= 0.6 is 11.3 Å². The van der Waals surface area contributed by atoms with Gasteiger partial charge in [0, 0.05) is 27.5 Å². The lowest BCUT2D eigenvalue weighted by molar-refractivity contribution is -0.125. The molecule has 2 heterocycles. The van der Waals surface area contributed by atoms with E-state index in [0.717, 1.165) is 22.1 Å². The molecule has 0 bridgehead atoms. The molecule has 0 saturated heterocycles. The highest BCUT2D eigenvalue weighted by atomic mass is 32.1. The van der Waals surface area contributed by atoms with Gasteiger partial charge in [0.05, 0.1) is 11.6 Å². The number of benzene rings is 2. The van der Waals surface area contributed by atoms with Crippen LogP contribution in [-0.4, -0.2) is 28.0 Å². The summed E-state index contributed by atoms with van der Waals surface area (Å²) < 4.78 is 0. The minimum Gasteiger partial charge on any atom is -0.383 e. The number of amides is 2. The summed E-state index contributed by atoms with van der Waals surface area (Å²) in [5.74, 6) is -0.581. The number of nitrogens with two attached hydrogens (primary N) is 1. The van der Waals surface area contributed by atoms with Crippen LogP contribution in [0.1, 0.15) is 33.8 Å². The maximum Gasteiger partial charge on any atom is 0.255 e. The van der Waals surface area contributed by atoms with Gasteiger partial charge in [-0.2, -0.15) is 0 Å². The largest absolute Gasteiger partial charge is 0.383 e. The molecule has 2 aromatic heterocycles. The molecule has 2 aromatic carbocycles. The van der Waals surface area contributed by atoms with Crippen molar-refractivity contribution in [3.63, 3.8) is 0 Å². The summed E-state index contributed by atoms with van der Waals surface area (Å²) in [7, 11) is 0. The van der Waals surface area contributed by atoms with Gasteiger partial charge in [-0.1, -0.05) is 37.3 Å². The molecule has 5 N–H and O–H groups in total. The fourth-order valence-electron chi connectivity index (χ4n) is 3.56. The number of nitrogen functional groups attached to an aromatic ring is 1. The van der Waals surface area contributed by atoms with Crippen molar-refractivity contribution in [2.75, 3.05) is 11.1 Å². The number of fused-ring (bicyclic) bond motifs is 1. The van der Waals surface area contributed by atoms with E-state index in [-0.39, 0.29) is 5.91 Å². The van der Waals surface area contributed by atoms with E-state index < -0.39 is 18.1 Å². The van der Waals surface area contributed by atoms with Crippen LogP contribution in [0.15, 0.2) is 72.2 Å². The van der Waals surface area contributed by atoms with Crippen molar-refractivity contribution in [2.45, 2.75) is 25.5 Å². The number of carbonyl (C=O) groups is 2. The third-order valence-electron chi connectivity index (χ3n) is 5.36. The molecule has 4 rings (SSSR count). The summed E-state index contributed by atoms with van der Waals surface area (Å²) in [6.07, 6.45) is 0.908. The maximum absolute atomic E-state index is 13.0. The molecule has 0 aliphatic rings. The molecule has 33 heavy (non-hydrogen) atoms. The average Bonchev–Trinajstić information content (AvgIpc) is 3.32. The second-order valence-corrected chi connectivity index (χ2v) is 8.58. The fraction of sp³-hybridized carbons (Fsp3) is 0.160. The van der Waals surface area contributed by atoms with E-state index in [1.165, 1.54) is 11.3 Å². The van der Waals surface area contributed by atoms with Crippen LogP contribution in [0, 0.1) is 0 Å². The minimum absolute atomic E-state index is 0.347. The SMILES string of the molecule is CCc1cc(C(=O)NC(c2ccccc2)C(O)C(=O)Nc2ccc3c(N)nccc3c2)cs1. The van der Waals surface area contributed by atoms with E-state index in [9.17, 15) is 14.7 Å². The molecular formula is C25H24N4O3S. The lowest BCUT2D eigenvalue weighted by Gasteiger charge is -2.24. The van der Waals surface area contributed by atoms with Crippen molar-refractivity contribution in [1.82, 2.24) is 10.3 Å². The molecule has 0 saturated carbocycles. The van der Waals surface area contributed by atoms with E-state index in [2.05, 4.69) is 15.6 Å². The Bertz CT molecular complexity index is 1290. The predicted molar refractivity (Wildman–Crippen MR) is 131 cm³/mol. The predicted octanol–water partition coefficient (Wildman–Crippen LogP) is 3.91. The van der Waals surface area contributed by atoms with Gasteiger partial charge in [0.2, 0.25) is 0 Å². The average molecular weight is 461 g/mol. The molecular weight excluding hydrogens is 436 g/mol. The third-order valence-corrected chi connectivity index (χ3v) is 6.44. The van der Waals surface area contributed by atoms with Crippen LogP contribution in [-0.2, 0) is 11.2 Å². The monoisotopic (exact) mass is 460 g/mol. The Labute approximate surface area is 195 Å². The quantitative estimate of drug-likeness (QED) is 0.334. The molecule has 2 atom stereocenters. The standard InChI is InChI=1S/C25H24N4O3S/c1-2-19-13-17(14-33-19)24(31)29-21(15-6-4-3-5-7-15)22(30)25(32)28-18-8-9-20-16(12-18)10-11-27-23(20)26/h3-14,21-22,30H,2H2,1H3,(H2,26,27)(H,28,32)(H,29,31). The van der Waals surface area contributed by atoms with Crippen molar-refractivity contribution >= 4 is 45.4 Å². The highest BCUT2D eigenvalue weighted by Gasteiger charge is 2.29. The molecule has 0 fully saturated rings. The number of nitrogens with zero attached hydrogens (tertiary/aromatic N) is 1. The summed E-state index contributed by atoms with van der Waals surface area (Å²) in [6, 6.07) is 16.8. The number of carbonyl (C=O) groups excluding carboxylic acids is 2. The van der Waals surface area contributed by atoms with Gasteiger partial charge in [0.1, 0.15) is 5.82 Å². The number of pyridine rings is 1. The second-order valence-electron chi connectivity index (χ2n) is 7.58. The van der Waals surface area contributed by atoms with Gasteiger partial charge in [-0.3, -0.25) is 9.59 Å². The van der Waals surface area contributed by atoms with Crippen LogP contribution in [0.5, 0.6) is 0 Å². The van der Waals surface area contributed by atoms with Gasteiger partial charge < -0.3 is 21.5 Å². The molecule has 4 aromatic rings. The molecule has 0 aliphatic heterocycles. The number of aromatic nitrogens is 1. The van der Waals surface area contributed by atoms with Gasteiger partial charge in [-0.25, -0.2) is 4.98 Å². The van der Waals surface area contributed by atoms with Crippen LogP contribution in [0.2, 0.25) is 0 Å². The first-order chi connectivity index (χ1) is 16.0.